The molecule has 0 bridgehead atoms. The molecule has 1 aromatic carbocycles. The highest BCUT2D eigenvalue weighted by Crippen LogP contribution is 2.25. The van der Waals surface area contributed by atoms with Crippen LogP contribution in [0.4, 0.5) is 0 Å². The molecule has 6 heteroatoms. The van der Waals surface area contributed by atoms with E-state index >= 15 is 0 Å². The van der Waals surface area contributed by atoms with Crippen LogP contribution in [0.1, 0.15) is 10.4 Å². The number of hydrogen-bond donors (Lipinski definition) is 2. The van der Waals surface area contributed by atoms with Gasteiger partial charge in [0.05, 0.1) is 17.5 Å². The summed E-state index contributed by atoms with van der Waals surface area (Å²) in [6.07, 6.45) is 2.91. The van der Waals surface area contributed by atoms with Gasteiger partial charge in [-0.1, -0.05) is 11.8 Å². The van der Waals surface area contributed by atoms with Crippen molar-refractivity contribution in [2.24, 2.45) is 0 Å². The number of ketones is 1. The van der Waals surface area contributed by atoms with E-state index < -0.39 is 0 Å². The van der Waals surface area contributed by atoms with Gasteiger partial charge in [0, 0.05) is 6.07 Å². The number of oxazole rings is 1. The van der Waals surface area contributed by atoms with E-state index in [9.17, 15) is 9.90 Å². The molecular weight excluding hydrogens is 242 g/mol. The van der Waals surface area contributed by atoms with Crippen LogP contribution in [0.15, 0.2) is 40.3 Å². The fourth-order valence-electron chi connectivity index (χ4n) is 1.24. The maximum absolute atomic E-state index is 11.7. The topological polar surface area (TPSA) is 83.6 Å². The molecule has 0 unspecified atom stereocenters. The second-order valence-electron chi connectivity index (χ2n) is 3.21. The fraction of sp³-hybridized carbons (Fsp3) is 0.0909. The summed E-state index contributed by atoms with van der Waals surface area (Å²) in [5.74, 6) is -0.466. The predicted molar refractivity (Wildman–Crippen MR) is 61.3 cm³/mol. The van der Waals surface area contributed by atoms with Crippen LogP contribution >= 0.6 is 11.8 Å². The second kappa shape index (κ2) is 4.92. The molecule has 0 aliphatic heterocycles. The predicted octanol–water partition coefficient (Wildman–Crippen LogP) is 2.06. The molecule has 0 atom stereocenters. The number of aromatic nitrogens is 1. The summed E-state index contributed by atoms with van der Waals surface area (Å²) in [5.41, 5.74) is 0.168. The first kappa shape index (κ1) is 11.5. The first-order valence-corrected chi connectivity index (χ1v) is 5.73. The molecule has 0 radical (unpaired) electrons. The third kappa shape index (κ3) is 2.79. The van der Waals surface area contributed by atoms with Crippen LogP contribution in [0.5, 0.6) is 11.5 Å². The van der Waals surface area contributed by atoms with E-state index in [4.69, 9.17) is 9.52 Å². The van der Waals surface area contributed by atoms with E-state index in [2.05, 4.69) is 4.98 Å². The van der Waals surface area contributed by atoms with Crippen molar-refractivity contribution in [1.29, 1.82) is 0 Å². The molecule has 0 saturated carbocycles. The molecule has 2 rings (SSSR count). The summed E-state index contributed by atoms with van der Waals surface area (Å²) >= 11 is 1.14. The Morgan fingerprint density at radius 3 is 2.88 bits per heavy atom. The van der Waals surface area contributed by atoms with Crippen molar-refractivity contribution < 1.29 is 19.4 Å². The molecule has 0 aliphatic rings. The highest BCUT2D eigenvalue weighted by molar-refractivity contribution is 7.99. The zero-order valence-electron chi connectivity index (χ0n) is 8.66. The smallest absolute Gasteiger partial charge is 0.255 e. The minimum Gasteiger partial charge on any atom is -0.508 e. The third-order valence-corrected chi connectivity index (χ3v) is 2.87. The number of hydrogen-bond acceptors (Lipinski definition) is 6. The lowest BCUT2D eigenvalue weighted by molar-refractivity contribution is 0.101. The van der Waals surface area contributed by atoms with Crippen LogP contribution in [0.3, 0.4) is 0 Å². The number of nitrogens with zero attached hydrogens (tertiary/aromatic N) is 1. The summed E-state index contributed by atoms with van der Waals surface area (Å²) in [4.78, 5) is 15.6. The van der Waals surface area contributed by atoms with E-state index in [1.807, 2.05) is 0 Å². The Balaban J connectivity index is 2.04. The molecule has 88 valence electrons. The maximum Gasteiger partial charge on any atom is 0.255 e. The molecule has 0 aliphatic carbocycles. The Kier molecular flexibility index (Phi) is 3.34. The van der Waals surface area contributed by atoms with Crippen LogP contribution in [0.25, 0.3) is 0 Å². The second-order valence-corrected chi connectivity index (χ2v) is 4.14. The van der Waals surface area contributed by atoms with Gasteiger partial charge >= 0.3 is 0 Å². The van der Waals surface area contributed by atoms with E-state index in [1.165, 1.54) is 24.6 Å². The molecule has 0 saturated heterocycles. The lowest BCUT2D eigenvalue weighted by Crippen LogP contribution is -2.02. The lowest BCUT2D eigenvalue weighted by Gasteiger charge is -2.02. The van der Waals surface area contributed by atoms with Gasteiger partial charge < -0.3 is 14.6 Å². The average molecular weight is 251 g/mol. The zero-order valence-corrected chi connectivity index (χ0v) is 9.48. The van der Waals surface area contributed by atoms with Gasteiger partial charge in [-0.15, -0.1) is 0 Å². The van der Waals surface area contributed by atoms with E-state index in [0.29, 0.717) is 5.22 Å². The quantitative estimate of drug-likeness (QED) is 0.639. The van der Waals surface area contributed by atoms with Crippen LogP contribution in [-0.4, -0.2) is 26.7 Å². The van der Waals surface area contributed by atoms with Crippen molar-refractivity contribution in [3.8, 4) is 11.5 Å². The average Bonchev–Trinajstić information content (AvgIpc) is 2.78. The standard InChI is InChI=1S/C11H9NO4S/c13-7-1-2-8(9(14)5-7)10(15)6-17-11-12-3-4-16-11/h1-5,13-14H,6H2. The Hall–Kier alpha value is -1.95. The van der Waals surface area contributed by atoms with Gasteiger partial charge in [0.1, 0.15) is 17.8 Å². The number of aromatic hydroxyl groups is 2. The van der Waals surface area contributed by atoms with Crippen molar-refractivity contribution in [3.63, 3.8) is 0 Å². The number of Topliss-reactive ketones (excluding diaryl/α,β-unsaturated/α-hetero) is 1. The number of thioether (sulfide) groups is 1. The molecule has 2 aromatic rings. The highest BCUT2D eigenvalue weighted by atomic mass is 32.2. The molecule has 17 heavy (non-hydrogen) atoms. The normalized spacial score (nSPS) is 10.4. The molecule has 0 spiro atoms. The number of benzene rings is 1. The number of carbonyl (C=O) groups excluding carboxylic acids is 1. The largest absolute Gasteiger partial charge is 0.508 e. The van der Waals surface area contributed by atoms with Crippen LogP contribution in [0.2, 0.25) is 0 Å². The minimum atomic E-state index is -0.259. The first-order chi connectivity index (χ1) is 8.16. The first-order valence-electron chi connectivity index (χ1n) is 4.74. The molecule has 0 fully saturated rings. The number of rotatable bonds is 4. The van der Waals surface area contributed by atoms with Crippen LogP contribution in [-0.2, 0) is 0 Å². The van der Waals surface area contributed by atoms with Gasteiger partial charge in [0.25, 0.3) is 5.22 Å². The molecule has 1 heterocycles. The molecule has 0 amide bonds. The zero-order chi connectivity index (χ0) is 12.3. The van der Waals surface area contributed by atoms with Crippen molar-refractivity contribution in [3.05, 3.63) is 36.2 Å². The van der Waals surface area contributed by atoms with Gasteiger partial charge in [-0.05, 0) is 12.1 Å². The van der Waals surface area contributed by atoms with E-state index in [-0.39, 0.29) is 28.6 Å². The highest BCUT2D eigenvalue weighted by Gasteiger charge is 2.13. The maximum atomic E-state index is 11.7. The third-order valence-electron chi connectivity index (χ3n) is 2.02. The minimum absolute atomic E-state index is 0.0839. The Morgan fingerprint density at radius 2 is 2.24 bits per heavy atom. The molecule has 5 nitrogen and oxygen atoms in total. The SMILES string of the molecule is O=C(CSc1ncco1)c1ccc(O)cc1O. The summed E-state index contributed by atoms with van der Waals surface area (Å²) in [7, 11) is 0. The number of carbonyl (C=O) groups is 1. The molecular formula is C11H9NO4S. The summed E-state index contributed by atoms with van der Waals surface area (Å²) < 4.78 is 4.97. The van der Waals surface area contributed by atoms with Gasteiger partial charge in [-0.3, -0.25) is 4.79 Å². The van der Waals surface area contributed by atoms with Gasteiger partial charge in [0.15, 0.2) is 5.78 Å². The summed E-state index contributed by atoms with van der Waals surface area (Å²) in [5, 5.41) is 19.0. The van der Waals surface area contributed by atoms with E-state index in [0.717, 1.165) is 17.8 Å². The molecule has 2 N–H and O–H groups in total. The summed E-state index contributed by atoms with van der Waals surface area (Å²) in [6, 6.07) is 3.86. The van der Waals surface area contributed by atoms with Crippen LogP contribution in [0, 0.1) is 0 Å². The summed E-state index contributed by atoms with van der Waals surface area (Å²) in [6.45, 7) is 0. The van der Waals surface area contributed by atoms with Crippen LogP contribution < -0.4 is 0 Å². The van der Waals surface area contributed by atoms with Crippen molar-refractivity contribution in [1.82, 2.24) is 4.98 Å². The Bertz CT molecular complexity index is 524. The van der Waals surface area contributed by atoms with Crippen molar-refractivity contribution in [2.45, 2.75) is 5.22 Å². The lowest BCUT2D eigenvalue weighted by atomic mass is 10.1. The van der Waals surface area contributed by atoms with Crippen molar-refractivity contribution >= 4 is 17.5 Å². The van der Waals surface area contributed by atoms with Crippen molar-refractivity contribution in [2.75, 3.05) is 5.75 Å². The molecule has 1 aromatic heterocycles. The fourth-order valence-corrected chi connectivity index (χ4v) is 1.91. The monoisotopic (exact) mass is 251 g/mol. The number of phenolic OH excluding ortho intramolecular Hbond substituents is 2. The Morgan fingerprint density at radius 1 is 1.41 bits per heavy atom. The number of phenols is 2. The van der Waals surface area contributed by atoms with E-state index in [1.54, 1.807) is 0 Å². The Labute approximate surface area is 101 Å². The van der Waals surface area contributed by atoms with Gasteiger partial charge in [-0.25, -0.2) is 4.98 Å². The van der Waals surface area contributed by atoms with Gasteiger partial charge in [-0.2, -0.15) is 0 Å². The van der Waals surface area contributed by atoms with Gasteiger partial charge in [0.2, 0.25) is 0 Å².